The summed E-state index contributed by atoms with van der Waals surface area (Å²) in [4.78, 5) is 20.6. The van der Waals surface area contributed by atoms with E-state index in [-0.39, 0.29) is 0 Å². The number of nitrogens with one attached hydrogen (secondary N) is 2. The molecule has 0 radical (unpaired) electrons. The molecule has 0 bridgehead atoms. The van der Waals surface area contributed by atoms with E-state index in [1.807, 2.05) is 18.3 Å². The molecule has 1 aliphatic rings. The van der Waals surface area contributed by atoms with E-state index in [4.69, 9.17) is 27.1 Å². The van der Waals surface area contributed by atoms with Crippen molar-refractivity contribution in [2.24, 2.45) is 5.73 Å². The topological polar surface area (TPSA) is 102 Å². The number of primary amides is 1. The van der Waals surface area contributed by atoms with Gasteiger partial charge in [-0.2, -0.15) is 0 Å². The molecule has 0 atom stereocenters. The summed E-state index contributed by atoms with van der Waals surface area (Å²) in [5, 5.41) is 10.7. The van der Waals surface area contributed by atoms with Crippen LogP contribution in [0.3, 0.4) is 0 Å². The van der Waals surface area contributed by atoms with Gasteiger partial charge in [0.05, 0.1) is 12.1 Å². The van der Waals surface area contributed by atoms with Gasteiger partial charge in [-0.1, -0.05) is 29.8 Å². The molecule has 2 aromatic heterocycles. The van der Waals surface area contributed by atoms with Crippen molar-refractivity contribution in [1.29, 1.82) is 0 Å². The van der Waals surface area contributed by atoms with Crippen LogP contribution in [0.2, 0.25) is 5.02 Å². The van der Waals surface area contributed by atoms with Crippen molar-refractivity contribution in [1.82, 2.24) is 15.3 Å². The van der Waals surface area contributed by atoms with Gasteiger partial charge in [-0.05, 0) is 73.5 Å². The molecule has 5 rings (SSSR count). The Hall–Kier alpha value is -3.26. The molecule has 0 saturated heterocycles. The second-order valence-electron chi connectivity index (χ2n) is 9.53. The van der Waals surface area contributed by atoms with Crippen LogP contribution < -0.4 is 16.4 Å². The molecule has 2 aromatic carbocycles. The molecular weight excluding hydrogens is 486 g/mol. The fourth-order valence-corrected chi connectivity index (χ4v) is 4.93. The maximum atomic E-state index is 11.6. The van der Waals surface area contributed by atoms with E-state index >= 15 is 0 Å². The first kappa shape index (κ1) is 25.4. The van der Waals surface area contributed by atoms with E-state index in [1.165, 1.54) is 24.0 Å². The molecule has 8 heteroatoms. The van der Waals surface area contributed by atoms with Gasteiger partial charge in [-0.25, -0.2) is 4.98 Å². The largest absolute Gasteiger partial charge is 0.380 e. The smallest absolute Gasteiger partial charge is 0.248 e. The van der Waals surface area contributed by atoms with E-state index in [2.05, 4.69) is 33.8 Å². The van der Waals surface area contributed by atoms with Gasteiger partial charge in [0.1, 0.15) is 5.82 Å². The first-order chi connectivity index (χ1) is 18.1. The third-order valence-corrected chi connectivity index (χ3v) is 7.05. The number of hydrogen-bond acceptors (Lipinski definition) is 6. The summed E-state index contributed by atoms with van der Waals surface area (Å²) in [6, 6.07) is 13.7. The Morgan fingerprint density at radius 3 is 2.73 bits per heavy atom. The number of rotatable bonds is 13. The number of ether oxygens (including phenoxy) is 1. The highest BCUT2D eigenvalue weighted by Crippen LogP contribution is 2.43. The first-order valence-corrected chi connectivity index (χ1v) is 13.3. The number of unbranched alkanes of at least 4 members (excludes halogenated alkanes) is 1. The minimum absolute atomic E-state index is 0.433. The van der Waals surface area contributed by atoms with Crippen molar-refractivity contribution in [3.63, 3.8) is 0 Å². The van der Waals surface area contributed by atoms with Gasteiger partial charge in [0.25, 0.3) is 0 Å². The summed E-state index contributed by atoms with van der Waals surface area (Å²) in [5.41, 5.74) is 9.12. The lowest BCUT2D eigenvalue weighted by Crippen LogP contribution is -2.16. The number of aromatic nitrogens is 2. The van der Waals surface area contributed by atoms with Gasteiger partial charge in [-0.3, -0.25) is 9.78 Å². The molecule has 1 saturated carbocycles. The lowest BCUT2D eigenvalue weighted by Gasteiger charge is -2.12. The molecule has 4 aromatic rings. The Kier molecular flexibility index (Phi) is 8.14. The number of nitrogens with zero attached hydrogens (tertiary/aromatic N) is 2. The number of carbonyl (C=O) groups excluding carboxylic acids is 1. The highest BCUT2D eigenvalue weighted by Gasteiger charge is 2.25. The molecule has 0 aliphatic heterocycles. The van der Waals surface area contributed by atoms with Crippen molar-refractivity contribution in [2.75, 3.05) is 31.6 Å². The van der Waals surface area contributed by atoms with Gasteiger partial charge in [0.15, 0.2) is 0 Å². The number of halogens is 1. The summed E-state index contributed by atoms with van der Waals surface area (Å²) >= 11 is 6.43. The van der Waals surface area contributed by atoms with Crippen molar-refractivity contribution < 1.29 is 9.53 Å². The van der Waals surface area contributed by atoms with Gasteiger partial charge < -0.3 is 21.1 Å². The predicted molar refractivity (Wildman–Crippen MR) is 149 cm³/mol. The van der Waals surface area contributed by atoms with E-state index in [0.717, 1.165) is 52.9 Å². The average molecular weight is 518 g/mol. The zero-order valence-electron chi connectivity index (χ0n) is 20.8. The van der Waals surface area contributed by atoms with E-state index in [9.17, 15) is 4.79 Å². The van der Waals surface area contributed by atoms with E-state index < -0.39 is 5.91 Å². The average Bonchev–Trinajstić information content (AvgIpc) is 3.75. The summed E-state index contributed by atoms with van der Waals surface area (Å²) in [6.07, 6.45) is 8.14. The van der Waals surface area contributed by atoms with Gasteiger partial charge >= 0.3 is 0 Å². The quantitative estimate of drug-likeness (QED) is 0.162. The van der Waals surface area contributed by atoms with Crippen LogP contribution in [0.25, 0.3) is 21.7 Å². The van der Waals surface area contributed by atoms with Gasteiger partial charge in [0, 0.05) is 58.8 Å². The minimum Gasteiger partial charge on any atom is -0.380 e. The van der Waals surface area contributed by atoms with Crippen LogP contribution in [0.15, 0.2) is 54.9 Å². The lowest BCUT2D eigenvalue weighted by molar-refractivity contribution is 0.100. The van der Waals surface area contributed by atoms with Gasteiger partial charge in [-0.15, -0.1) is 0 Å². The molecule has 7 nitrogen and oxygen atoms in total. The number of benzene rings is 2. The summed E-state index contributed by atoms with van der Waals surface area (Å²) in [7, 11) is 0. The molecule has 1 amide bonds. The second-order valence-corrected chi connectivity index (χ2v) is 9.94. The van der Waals surface area contributed by atoms with Gasteiger partial charge in [0.2, 0.25) is 5.91 Å². The second kappa shape index (κ2) is 11.9. The Labute approximate surface area is 221 Å². The van der Waals surface area contributed by atoms with Crippen LogP contribution in [0.5, 0.6) is 0 Å². The Morgan fingerprint density at radius 2 is 1.92 bits per heavy atom. The van der Waals surface area contributed by atoms with E-state index in [1.54, 1.807) is 18.3 Å². The maximum absolute atomic E-state index is 11.6. The fourth-order valence-electron chi connectivity index (χ4n) is 4.57. The summed E-state index contributed by atoms with van der Waals surface area (Å²) in [5.74, 6) is 0.950. The zero-order chi connectivity index (χ0) is 25.6. The van der Waals surface area contributed by atoms with Crippen molar-refractivity contribution >= 4 is 45.0 Å². The third kappa shape index (κ3) is 6.36. The molecule has 1 aliphatic carbocycles. The van der Waals surface area contributed by atoms with Crippen LogP contribution in [-0.4, -0.2) is 42.2 Å². The highest BCUT2D eigenvalue weighted by atomic mass is 35.5. The monoisotopic (exact) mass is 517 g/mol. The van der Waals surface area contributed by atoms with Crippen molar-refractivity contribution in [2.45, 2.75) is 38.1 Å². The normalized spacial score (nSPS) is 13.3. The van der Waals surface area contributed by atoms with Crippen molar-refractivity contribution in [3.05, 3.63) is 76.6 Å². The van der Waals surface area contributed by atoms with E-state index in [0.29, 0.717) is 36.8 Å². The number of pyridine rings is 2. The van der Waals surface area contributed by atoms with Crippen LogP contribution in [0.4, 0.5) is 5.82 Å². The number of anilines is 1. The maximum Gasteiger partial charge on any atom is 0.248 e. The number of hydrogen-bond donors (Lipinski definition) is 3. The van der Waals surface area contributed by atoms with Crippen molar-refractivity contribution in [3.8, 4) is 0 Å². The molecule has 1 fully saturated rings. The Balaban J connectivity index is 1.03. The number of amides is 1. The predicted octanol–water partition coefficient (Wildman–Crippen LogP) is 5.41. The number of fused-ring (bicyclic) bond motifs is 3. The molecule has 37 heavy (non-hydrogen) atoms. The Bertz CT molecular complexity index is 1410. The zero-order valence-corrected chi connectivity index (χ0v) is 21.6. The SMILES string of the molecule is NC(=O)c1ccc2c(c1)nc(NCCOCCCCNCc1ccc(C3CC3)c(Cl)c1)c1ccncc12. The van der Waals surface area contributed by atoms with Crippen LogP contribution in [0, 0.1) is 0 Å². The molecule has 0 unspecified atom stereocenters. The molecular formula is C29H32ClN5O2. The summed E-state index contributed by atoms with van der Waals surface area (Å²) in [6.45, 7) is 3.69. The number of carbonyl (C=O) groups is 1. The molecule has 0 spiro atoms. The van der Waals surface area contributed by atoms with Crippen LogP contribution >= 0.6 is 11.6 Å². The first-order valence-electron chi connectivity index (χ1n) is 12.9. The van der Waals surface area contributed by atoms with Crippen LogP contribution in [-0.2, 0) is 11.3 Å². The Morgan fingerprint density at radius 1 is 1.03 bits per heavy atom. The highest BCUT2D eigenvalue weighted by molar-refractivity contribution is 6.31. The molecule has 2 heterocycles. The minimum atomic E-state index is -0.472. The standard InChI is InChI=1S/C29H32ClN5O2/c30-26-15-19(3-7-22(26)20-4-5-20)17-32-10-1-2-13-37-14-12-34-29-24-9-11-33-18-25(24)23-8-6-21(28(31)36)16-27(23)35-29/h3,6-9,11,15-16,18,20,32H,1-2,4-5,10,12-14,17H2,(H2,31,36)(H,34,35). The third-order valence-electron chi connectivity index (χ3n) is 6.72. The summed E-state index contributed by atoms with van der Waals surface area (Å²) < 4.78 is 5.82. The number of nitrogens with two attached hydrogens (primary N) is 1. The molecule has 192 valence electrons. The molecule has 4 N–H and O–H groups in total. The lowest BCUT2D eigenvalue weighted by atomic mass is 10.1. The van der Waals surface area contributed by atoms with Crippen LogP contribution in [0.1, 0.15) is 53.1 Å². The fraction of sp³-hybridized carbons (Fsp3) is 0.345.